The van der Waals surface area contributed by atoms with Crippen LogP contribution in [0.2, 0.25) is 0 Å². The third kappa shape index (κ3) is 0.985. The predicted octanol–water partition coefficient (Wildman–Crippen LogP) is 0.920. The van der Waals surface area contributed by atoms with Gasteiger partial charge in [0.1, 0.15) is 11.3 Å². The second-order valence-electron chi connectivity index (χ2n) is 5.50. The number of methoxy groups -OCH3 is 2. The lowest BCUT2D eigenvalue weighted by Gasteiger charge is -2.55. The Bertz CT molecular complexity index is 595. The van der Waals surface area contributed by atoms with E-state index in [0.29, 0.717) is 0 Å². The summed E-state index contributed by atoms with van der Waals surface area (Å²) in [7, 11) is 2.86. The summed E-state index contributed by atoms with van der Waals surface area (Å²) in [6.45, 7) is 0. The van der Waals surface area contributed by atoms with Crippen LogP contribution in [0.15, 0.2) is 17.1 Å². The topological polar surface area (TPSA) is 104 Å². The van der Waals surface area contributed by atoms with Crippen molar-refractivity contribution < 1.29 is 9.47 Å². The van der Waals surface area contributed by atoms with E-state index in [4.69, 9.17) is 15.2 Å². The second kappa shape index (κ2) is 3.82. The molecule has 6 heteroatoms. The van der Waals surface area contributed by atoms with Crippen LogP contribution in [0.1, 0.15) is 12.8 Å². The van der Waals surface area contributed by atoms with E-state index in [0.717, 1.165) is 12.8 Å². The van der Waals surface area contributed by atoms with Gasteiger partial charge < -0.3 is 15.2 Å². The molecule has 1 aliphatic heterocycles. The van der Waals surface area contributed by atoms with Crippen molar-refractivity contribution in [1.29, 1.82) is 10.5 Å². The van der Waals surface area contributed by atoms with Crippen molar-refractivity contribution >= 4 is 5.84 Å². The van der Waals surface area contributed by atoms with E-state index in [-0.39, 0.29) is 17.7 Å². The molecular weight excluding hydrogens is 256 g/mol. The maximum atomic E-state index is 9.96. The first-order chi connectivity index (χ1) is 9.58. The van der Waals surface area contributed by atoms with Gasteiger partial charge in [0.05, 0.1) is 12.1 Å². The van der Waals surface area contributed by atoms with Gasteiger partial charge in [-0.1, -0.05) is 12.2 Å². The lowest BCUT2D eigenvalue weighted by atomic mass is 9.45. The maximum Gasteiger partial charge on any atom is 0.292 e. The Morgan fingerprint density at radius 2 is 1.80 bits per heavy atom. The van der Waals surface area contributed by atoms with Gasteiger partial charge >= 0.3 is 0 Å². The molecule has 1 fully saturated rings. The van der Waals surface area contributed by atoms with Crippen LogP contribution in [-0.2, 0) is 9.47 Å². The van der Waals surface area contributed by atoms with E-state index >= 15 is 0 Å². The molecule has 0 aromatic carbocycles. The molecule has 0 unspecified atom stereocenters. The number of nitrogens with zero attached hydrogens (tertiary/aromatic N) is 3. The quantitative estimate of drug-likeness (QED) is 0.594. The van der Waals surface area contributed by atoms with Crippen LogP contribution >= 0.6 is 0 Å². The number of hydrogen-bond acceptors (Lipinski definition) is 6. The van der Waals surface area contributed by atoms with Gasteiger partial charge in [0.25, 0.3) is 5.91 Å². The minimum atomic E-state index is -1.52. The Morgan fingerprint density at radius 1 is 1.20 bits per heavy atom. The highest BCUT2D eigenvalue weighted by molar-refractivity contribution is 5.94. The van der Waals surface area contributed by atoms with Crippen molar-refractivity contribution in [1.82, 2.24) is 0 Å². The van der Waals surface area contributed by atoms with Gasteiger partial charge in [-0.3, -0.25) is 0 Å². The zero-order chi connectivity index (χ0) is 14.6. The molecule has 0 saturated heterocycles. The standard InChI is InChI=1S/C14H16N4O2/c1-19-14(20-2)13(8-16)10-5-3-9(4-6-10)12(13,7-15)11(17)18-14/h3,5,9-10H,4,6H2,1-2H3,(H2,17,18)/t9-,10-,12-,13+/m0/s1. The summed E-state index contributed by atoms with van der Waals surface area (Å²) in [4.78, 5) is 4.29. The van der Waals surface area contributed by atoms with E-state index in [2.05, 4.69) is 17.1 Å². The number of allylic oxidation sites excluding steroid dienone is 2. The number of nitriles is 2. The first kappa shape index (κ1) is 13.1. The van der Waals surface area contributed by atoms with Gasteiger partial charge in [0, 0.05) is 26.1 Å². The molecule has 6 nitrogen and oxygen atoms in total. The van der Waals surface area contributed by atoms with Crippen molar-refractivity contribution in [3.8, 4) is 12.1 Å². The molecule has 104 valence electrons. The molecule has 20 heavy (non-hydrogen) atoms. The van der Waals surface area contributed by atoms with Crippen molar-refractivity contribution in [2.45, 2.75) is 18.8 Å². The Labute approximate surface area is 117 Å². The predicted molar refractivity (Wildman–Crippen MR) is 69.8 cm³/mol. The molecule has 4 rings (SSSR count). The third-order valence-electron chi connectivity index (χ3n) is 5.17. The number of hydrogen-bond donors (Lipinski definition) is 1. The van der Waals surface area contributed by atoms with E-state index in [1.54, 1.807) is 0 Å². The highest BCUT2D eigenvalue weighted by Crippen LogP contribution is 2.68. The molecule has 1 saturated carbocycles. The number of nitrogens with two attached hydrogens (primary N) is 1. The van der Waals surface area contributed by atoms with Crippen molar-refractivity contribution in [3.05, 3.63) is 12.2 Å². The summed E-state index contributed by atoms with van der Waals surface area (Å²) in [6.07, 6.45) is 5.58. The molecule has 0 amide bonds. The van der Waals surface area contributed by atoms with Gasteiger partial charge in [-0.15, -0.1) is 0 Å². The minimum absolute atomic E-state index is 0.131. The molecule has 4 aliphatic rings. The maximum absolute atomic E-state index is 9.96. The number of ether oxygens (including phenoxy) is 2. The van der Waals surface area contributed by atoms with Gasteiger partial charge in [0.15, 0.2) is 5.41 Å². The van der Waals surface area contributed by atoms with E-state index in [1.807, 2.05) is 12.2 Å². The highest BCUT2D eigenvalue weighted by Gasteiger charge is 2.79. The van der Waals surface area contributed by atoms with Crippen LogP contribution in [-0.4, -0.2) is 26.0 Å². The first-order valence-corrected chi connectivity index (χ1v) is 6.55. The van der Waals surface area contributed by atoms with E-state index in [1.165, 1.54) is 14.2 Å². The van der Waals surface area contributed by atoms with Crippen LogP contribution in [0.25, 0.3) is 0 Å². The molecule has 0 aromatic heterocycles. The monoisotopic (exact) mass is 272 g/mol. The fraction of sp³-hybridized carbons (Fsp3) is 0.643. The second-order valence-corrected chi connectivity index (χ2v) is 5.50. The molecule has 2 N–H and O–H groups in total. The Balaban J connectivity index is 2.37. The molecule has 1 heterocycles. The van der Waals surface area contributed by atoms with Crippen LogP contribution in [0.5, 0.6) is 0 Å². The molecular formula is C14H16N4O2. The largest absolute Gasteiger partial charge is 0.386 e. The average Bonchev–Trinajstić information content (AvgIpc) is 2.76. The van der Waals surface area contributed by atoms with E-state index < -0.39 is 16.7 Å². The zero-order valence-corrected chi connectivity index (χ0v) is 11.5. The zero-order valence-electron chi connectivity index (χ0n) is 11.5. The summed E-state index contributed by atoms with van der Waals surface area (Å²) in [6, 6.07) is 4.59. The van der Waals surface area contributed by atoms with Crippen molar-refractivity contribution in [2.24, 2.45) is 33.4 Å². The third-order valence-corrected chi connectivity index (χ3v) is 5.17. The van der Waals surface area contributed by atoms with E-state index in [9.17, 15) is 10.5 Å². The fourth-order valence-corrected chi connectivity index (χ4v) is 4.30. The molecule has 0 aromatic rings. The number of aliphatic imine (C=N–C) groups is 1. The van der Waals surface area contributed by atoms with Crippen molar-refractivity contribution in [3.63, 3.8) is 0 Å². The summed E-state index contributed by atoms with van der Waals surface area (Å²) >= 11 is 0. The average molecular weight is 272 g/mol. The molecule has 0 spiro atoms. The smallest absolute Gasteiger partial charge is 0.292 e. The molecule has 3 aliphatic carbocycles. The Hall–Kier alpha value is -1.89. The number of rotatable bonds is 2. The van der Waals surface area contributed by atoms with Gasteiger partial charge in [0.2, 0.25) is 0 Å². The highest BCUT2D eigenvalue weighted by atomic mass is 16.7. The lowest BCUT2D eigenvalue weighted by molar-refractivity contribution is -0.280. The first-order valence-electron chi connectivity index (χ1n) is 6.55. The van der Waals surface area contributed by atoms with Crippen LogP contribution < -0.4 is 5.73 Å². The van der Waals surface area contributed by atoms with Gasteiger partial charge in [-0.25, -0.2) is 4.99 Å². The lowest BCUT2D eigenvalue weighted by Crippen LogP contribution is -2.65. The minimum Gasteiger partial charge on any atom is -0.386 e. The van der Waals surface area contributed by atoms with Gasteiger partial charge in [-0.2, -0.15) is 10.5 Å². The number of amidine groups is 1. The molecule has 2 bridgehead atoms. The van der Waals surface area contributed by atoms with Gasteiger partial charge in [-0.05, 0) is 12.8 Å². The Morgan fingerprint density at radius 3 is 2.25 bits per heavy atom. The van der Waals surface area contributed by atoms with Crippen LogP contribution in [0.3, 0.4) is 0 Å². The summed E-state index contributed by atoms with van der Waals surface area (Å²) in [5.74, 6) is -1.67. The summed E-state index contributed by atoms with van der Waals surface area (Å²) in [5.41, 5.74) is 3.68. The molecule has 0 radical (unpaired) electrons. The van der Waals surface area contributed by atoms with Crippen molar-refractivity contribution in [2.75, 3.05) is 14.2 Å². The Kier molecular flexibility index (Phi) is 2.50. The van der Waals surface area contributed by atoms with Crippen LogP contribution in [0, 0.1) is 45.3 Å². The SMILES string of the molecule is COC1(OC)N=C(N)[C@]2(C#N)[C@H]3C=C[C@@H](CC3)[C@@]12C#N. The summed E-state index contributed by atoms with van der Waals surface area (Å²) in [5, 5.41) is 19.8. The normalized spacial score (nSPS) is 43.5. The molecule has 4 atom stereocenters. The van der Waals surface area contributed by atoms with Crippen LogP contribution in [0.4, 0.5) is 0 Å². The number of fused-ring (bicyclic) bond motifs is 1. The fourth-order valence-electron chi connectivity index (χ4n) is 4.30. The summed E-state index contributed by atoms with van der Waals surface area (Å²) < 4.78 is 10.9.